The first kappa shape index (κ1) is 66.2. The molecule has 3 radical (unpaired) electrons. The van der Waals surface area contributed by atoms with Gasteiger partial charge >= 0.3 is 14.8 Å². The Morgan fingerprint density at radius 3 is 1.49 bits per heavy atom. The Hall–Kier alpha value is -1.97. The second-order valence-corrected chi connectivity index (χ2v) is 28.9. The normalized spacial score (nSPS) is 18.1. The maximum Gasteiger partial charge on any atom is 0.505 e. The van der Waals surface area contributed by atoms with Crippen LogP contribution in [0.1, 0.15) is 198 Å². The maximum atomic E-state index is 9.71. The first-order valence-electron chi connectivity index (χ1n) is 28.6. The van der Waals surface area contributed by atoms with E-state index in [2.05, 4.69) is 90.4 Å². The van der Waals surface area contributed by atoms with Crippen LogP contribution in [0.15, 0.2) is 35.0 Å². The molecule has 0 amide bonds. The van der Waals surface area contributed by atoms with E-state index >= 15 is 0 Å². The third-order valence-corrected chi connectivity index (χ3v) is 20.6. The predicted octanol–water partition coefficient (Wildman–Crippen LogP) is 14.0. The summed E-state index contributed by atoms with van der Waals surface area (Å²) in [6.45, 7) is 36.8. The van der Waals surface area contributed by atoms with E-state index in [0.29, 0.717) is 26.4 Å². The SMILES string of the molecule is CC(C)(O)C(C)(C)O.CC(C)O[B]OC(C)(C)C(C)(C)O.CCCCCCc1c(C2(C)OCCO2)c2ccsc2c2sccc12.[B]c1cc2c(C3(C)OCCO3)c(CCCCCC)c3cc(B4OC(C)(C)C(C)(C)O4)sc3c2s1. The second kappa shape index (κ2) is 26.5. The molecule has 0 bridgehead atoms. The Kier molecular flexibility index (Phi) is 22.2. The van der Waals surface area contributed by atoms with Gasteiger partial charge in [0.15, 0.2) is 11.6 Å². The molecule has 3 aliphatic heterocycles. The summed E-state index contributed by atoms with van der Waals surface area (Å²) in [5.41, 5.74) is 0.880. The number of fused-ring (bicyclic) bond motifs is 6. The summed E-state index contributed by atoms with van der Waals surface area (Å²) in [4.78, 5) is 0. The number of benzene rings is 2. The van der Waals surface area contributed by atoms with Crippen LogP contribution in [0.3, 0.4) is 0 Å². The molecule has 4 aromatic heterocycles. The number of aryl methyl sites for hydroxylation is 2. The van der Waals surface area contributed by atoms with E-state index in [1.165, 1.54) is 104 Å². The van der Waals surface area contributed by atoms with Gasteiger partial charge in [-0.3, -0.25) is 0 Å². The van der Waals surface area contributed by atoms with Crippen molar-refractivity contribution in [2.24, 2.45) is 0 Å². The fourth-order valence-electron chi connectivity index (χ4n) is 9.38. The van der Waals surface area contributed by atoms with Gasteiger partial charge in [0.25, 0.3) is 0 Å². The minimum absolute atomic E-state index is 0.0950. The molecule has 0 unspecified atom stereocenters. The Balaban J connectivity index is 0.000000194. The standard InChI is InChI=1S/C26H34B2O4S2.C20H24O2S2.C9H20BO3.C6H14O2/c1-7-8-9-10-11-16-17-15-20(28-31-24(2,3)25(4,5)32-28)34-22(17)23-18(14-19(27)33-23)21(16)26(6)29-12-13-30-26;1-3-4-5-6-7-14-15-8-12-23-18(15)19-16(9-13-24-19)17(14)20(2)21-10-11-22-20;1-7(2)12-10-13-9(5,6)8(3,4)11;1-5(2,7)6(3,4)8/h14-15H,7-13H2,1-6H3;8-9,12-13H,3-7,10-11H2,1-2H3;7,11H,1-6H3;7-8H,1-4H3. The molecular weight excluding hydrogens is 1070 g/mol. The van der Waals surface area contributed by atoms with Gasteiger partial charge in [-0.05, 0) is 192 Å². The minimum atomic E-state index is -1.01. The zero-order valence-electron chi connectivity index (χ0n) is 50.9. The highest BCUT2D eigenvalue weighted by Gasteiger charge is 2.52. The average Bonchev–Trinajstić information content (AvgIpc) is 4.37. The van der Waals surface area contributed by atoms with E-state index < -0.39 is 34.0 Å². The molecule has 18 heteroatoms. The summed E-state index contributed by atoms with van der Waals surface area (Å²) in [6.07, 6.45) is 12.1. The van der Waals surface area contributed by atoms with Gasteiger partial charge in [-0.1, -0.05) is 58.4 Å². The number of thiophene rings is 4. The summed E-state index contributed by atoms with van der Waals surface area (Å²) >= 11 is 7.11. The lowest BCUT2D eigenvalue weighted by molar-refractivity contribution is -0.149. The Labute approximate surface area is 491 Å². The first-order chi connectivity index (χ1) is 36.7. The van der Waals surface area contributed by atoms with Crippen molar-refractivity contribution in [2.75, 3.05) is 26.4 Å². The predicted molar refractivity (Wildman–Crippen MR) is 336 cm³/mol. The van der Waals surface area contributed by atoms with Gasteiger partial charge < -0.3 is 52.9 Å². The van der Waals surface area contributed by atoms with Crippen LogP contribution in [0.25, 0.3) is 40.3 Å². The topological polar surface area (TPSA) is 135 Å². The molecule has 3 N–H and O–H groups in total. The number of rotatable bonds is 19. The molecule has 3 aliphatic rings. The lowest BCUT2D eigenvalue weighted by atomic mass is 9.85. The molecule has 0 saturated carbocycles. The van der Waals surface area contributed by atoms with E-state index in [4.69, 9.17) is 55.6 Å². The van der Waals surface area contributed by atoms with E-state index in [1.807, 2.05) is 50.4 Å². The van der Waals surface area contributed by atoms with Crippen LogP contribution in [0.2, 0.25) is 0 Å². The van der Waals surface area contributed by atoms with Gasteiger partial charge in [0.05, 0.1) is 78.8 Å². The molecule has 6 aromatic rings. The fraction of sp³-hybridized carbons (Fsp3) is 0.672. The van der Waals surface area contributed by atoms with Crippen LogP contribution in [-0.2, 0) is 62.0 Å². The molecular formula is C61H92B3O11S4. The highest BCUT2D eigenvalue weighted by atomic mass is 32.1. The Morgan fingerprint density at radius 2 is 1.04 bits per heavy atom. The molecule has 3 fully saturated rings. The quantitative estimate of drug-likeness (QED) is 0.0528. The number of hydrogen-bond donors (Lipinski definition) is 3. The second-order valence-electron chi connectivity index (χ2n) is 24.9. The minimum Gasteiger partial charge on any atom is -0.411 e. The van der Waals surface area contributed by atoms with Gasteiger partial charge in [0.1, 0.15) is 7.85 Å². The first-order valence-corrected chi connectivity index (χ1v) is 32.0. The molecule has 0 spiro atoms. The Morgan fingerprint density at radius 1 is 0.595 bits per heavy atom. The smallest absolute Gasteiger partial charge is 0.411 e. The fourth-order valence-corrected chi connectivity index (χ4v) is 13.6. The third-order valence-electron chi connectivity index (χ3n) is 16.3. The van der Waals surface area contributed by atoms with Crippen molar-refractivity contribution < 1.29 is 52.9 Å². The van der Waals surface area contributed by atoms with Crippen molar-refractivity contribution in [3.63, 3.8) is 0 Å². The van der Waals surface area contributed by atoms with Crippen molar-refractivity contribution in [1.29, 1.82) is 0 Å². The van der Waals surface area contributed by atoms with E-state index in [1.54, 1.807) is 64.2 Å². The molecule has 0 atom stereocenters. The van der Waals surface area contributed by atoms with Gasteiger partial charge in [-0.2, -0.15) is 11.3 Å². The summed E-state index contributed by atoms with van der Waals surface area (Å²) in [5.74, 6) is -1.36. The van der Waals surface area contributed by atoms with Gasteiger partial charge in [0.2, 0.25) is 0 Å². The van der Waals surface area contributed by atoms with Crippen LogP contribution in [0.5, 0.6) is 0 Å². The molecule has 2 aromatic carbocycles. The molecule has 79 heavy (non-hydrogen) atoms. The number of ether oxygens (including phenoxy) is 4. The summed E-state index contributed by atoms with van der Waals surface area (Å²) < 4.78 is 55.0. The van der Waals surface area contributed by atoms with E-state index in [-0.39, 0.29) is 24.4 Å². The maximum absolute atomic E-state index is 9.71. The molecule has 9 rings (SSSR count). The zero-order valence-corrected chi connectivity index (χ0v) is 54.2. The summed E-state index contributed by atoms with van der Waals surface area (Å²) in [5, 5.41) is 37.5. The molecule has 11 nitrogen and oxygen atoms in total. The van der Waals surface area contributed by atoms with Crippen molar-refractivity contribution in [1.82, 2.24) is 0 Å². The van der Waals surface area contributed by atoms with Crippen LogP contribution >= 0.6 is 45.3 Å². The molecule has 435 valence electrons. The monoisotopic (exact) mass is 1160 g/mol. The van der Waals surface area contributed by atoms with E-state index in [0.717, 1.165) is 39.8 Å². The van der Waals surface area contributed by atoms with Crippen LogP contribution in [-0.4, -0.2) is 104 Å². The molecule has 0 aliphatic carbocycles. The Bertz CT molecular complexity index is 2870. The third kappa shape index (κ3) is 15.5. The lowest BCUT2D eigenvalue weighted by Crippen LogP contribution is -2.48. The largest absolute Gasteiger partial charge is 0.505 e. The summed E-state index contributed by atoms with van der Waals surface area (Å²) in [7, 11) is 7.29. The molecule has 7 heterocycles. The number of hydrogen-bond acceptors (Lipinski definition) is 15. The highest BCUT2D eigenvalue weighted by molar-refractivity contribution is 7.34. The number of unbranched alkanes of at least 4 members (excludes halogenated alkanes) is 6. The van der Waals surface area contributed by atoms with Crippen LogP contribution < -0.4 is 9.55 Å². The van der Waals surface area contributed by atoms with Gasteiger partial charge in [-0.15, -0.1) is 34.0 Å². The van der Waals surface area contributed by atoms with Crippen molar-refractivity contribution >= 4 is 118 Å². The van der Waals surface area contributed by atoms with Crippen molar-refractivity contribution in [2.45, 2.75) is 240 Å². The molecule has 3 saturated heterocycles. The van der Waals surface area contributed by atoms with Crippen LogP contribution in [0.4, 0.5) is 0 Å². The number of aliphatic hydroxyl groups is 3. The van der Waals surface area contributed by atoms with Gasteiger partial charge in [0, 0.05) is 32.8 Å². The van der Waals surface area contributed by atoms with Crippen molar-refractivity contribution in [3.8, 4) is 0 Å². The summed E-state index contributed by atoms with van der Waals surface area (Å²) in [6, 6.07) is 8.93. The lowest BCUT2D eigenvalue weighted by Gasteiger charge is -2.37. The highest BCUT2D eigenvalue weighted by Crippen LogP contribution is 2.48. The van der Waals surface area contributed by atoms with E-state index in [9.17, 15) is 5.11 Å². The zero-order chi connectivity index (χ0) is 58.6. The van der Waals surface area contributed by atoms with Crippen LogP contribution in [0, 0.1) is 0 Å². The average molecular weight is 1160 g/mol. The van der Waals surface area contributed by atoms with Crippen molar-refractivity contribution in [3.05, 3.63) is 57.3 Å². The van der Waals surface area contributed by atoms with Gasteiger partial charge in [-0.25, -0.2) is 0 Å².